The van der Waals surface area contributed by atoms with Gasteiger partial charge in [-0.2, -0.15) is 0 Å². The van der Waals surface area contributed by atoms with Gasteiger partial charge in [-0.25, -0.2) is 0 Å². The van der Waals surface area contributed by atoms with Crippen LogP contribution in [-0.4, -0.2) is 36.5 Å². The Balaban J connectivity index is 1.68. The molecule has 6 nitrogen and oxygen atoms in total. The van der Waals surface area contributed by atoms with Gasteiger partial charge in [0.1, 0.15) is 11.5 Å². The fraction of sp³-hybridized carbons (Fsp3) is 0.300. The van der Waals surface area contributed by atoms with Gasteiger partial charge in [0.05, 0.1) is 24.7 Å². The second kappa shape index (κ2) is 11.1. The van der Waals surface area contributed by atoms with Gasteiger partial charge in [-0.15, -0.1) is 11.8 Å². The highest BCUT2D eigenvalue weighted by Crippen LogP contribution is 2.17. The van der Waals surface area contributed by atoms with Crippen molar-refractivity contribution in [3.05, 3.63) is 48.5 Å². The number of hydrogen-bond acceptors (Lipinski definition) is 5. The van der Waals surface area contributed by atoms with Gasteiger partial charge in [-0.3, -0.25) is 9.59 Å². The van der Waals surface area contributed by atoms with E-state index in [0.717, 1.165) is 11.5 Å². The molecule has 0 aliphatic rings. The first-order valence-corrected chi connectivity index (χ1v) is 9.89. The number of nitrogens with one attached hydrogen (secondary N) is 2. The normalized spacial score (nSPS) is 10.1. The number of rotatable bonds is 10. The zero-order valence-corrected chi connectivity index (χ0v) is 16.3. The van der Waals surface area contributed by atoms with E-state index in [1.807, 2.05) is 13.8 Å². The molecule has 0 saturated carbocycles. The minimum Gasteiger partial charge on any atom is -0.494 e. The first-order chi connectivity index (χ1) is 13.1. The molecule has 27 heavy (non-hydrogen) atoms. The van der Waals surface area contributed by atoms with Gasteiger partial charge < -0.3 is 20.1 Å². The first-order valence-electron chi connectivity index (χ1n) is 8.74. The van der Waals surface area contributed by atoms with E-state index in [2.05, 4.69) is 10.6 Å². The second-order valence-corrected chi connectivity index (χ2v) is 6.49. The molecular formula is C20H24N2O4S. The molecule has 2 N–H and O–H groups in total. The third-order valence-corrected chi connectivity index (χ3v) is 4.30. The van der Waals surface area contributed by atoms with Crippen LogP contribution in [0.25, 0.3) is 0 Å². The SMILES string of the molecule is CCOc1ccc(NC(=O)CSCC(=O)Nc2ccc(OCC)cc2)cc1. The topological polar surface area (TPSA) is 76.7 Å². The molecular weight excluding hydrogens is 364 g/mol. The lowest BCUT2D eigenvalue weighted by molar-refractivity contribution is -0.114. The Hall–Kier alpha value is -2.67. The van der Waals surface area contributed by atoms with Crippen molar-refractivity contribution in [3.8, 4) is 11.5 Å². The van der Waals surface area contributed by atoms with Crippen molar-refractivity contribution in [2.45, 2.75) is 13.8 Å². The van der Waals surface area contributed by atoms with Gasteiger partial charge in [0.15, 0.2) is 0 Å². The molecule has 0 radical (unpaired) electrons. The molecule has 2 aromatic rings. The number of anilines is 2. The van der Waals surface area contributed by atoms with Crippen LogP contribution in [0.15, 0.2) is 48.5 Å². The second-order valence-electron chi connectivity index (χ2n) is 5.50. The lowest BCUT2D eigenvalue weighted by Crippen LogP contribution is -2.18. The number of hydrogen-bond donors (Lipinski definition) is 2. The first kappa shape index (κ1) is 20.6. The predicted molar refractivity (Wildman–Crippen MR) is 110 cm³/mol. The maximum Gasteiger partial charge on any atom is 0.234 e. The zero-order chi connectivity index (χ0) is 19.5. The maximum atomic E-state index is 12.0. The molecule has 7 heteroatoms. The highest BCUT2D eigenvalue weighted by atomic mass is 32.2. The van der Waals surface area contributed by atoms with E-state index < -0.39 is 0 Å². The lowest BCUT2D eigenvalue weighted by Gasteiger charge is -2.08. The van der Waals surface area contributed by atoms with E-state index in [-0.39, 0.29) is 23.3 Å². The molecule has 2 amide bonds. The van der Waals surface area contributed by atoms with Gasteiger partial charge in [0, 0.05) is 11.4 Å². The molecule has 144 valence electrons. The highest BCUT2D eigenvalue weighted by Gasteiger charge is 2.07. The average Bonchev–Trinajstić information content (AvgIpc) is 2.65. The van der Waals surface area contributed by atoms with Crippen LogP contribution in [0, 0.1) is 0 Å². The largest absolute Gasteiger partial charge is 0.494 e. The summed E-state index contributed by atoms with van der Waals surface area (Å²) in [6.45, 7) is 5.03. The molecule has 0 fully saturated rings. The van der Waals surface area contributed by atoms with E-state index in [9.17, 15) is 9.59 Å². The minimum absolute atomic E-state index is 0.155. The molecule has 2 aromatic carbocycles. The average molecular weight is 388 g/mol. The summed E-state index contributed by atoms with van der Waals surface area (Å²) in [5, 5.41) is 5.58. The summed E-state index contributed by atoms with van der Waals surface area (Å²) in [7, 11) is 0. The van der Waals surface area contributed by atoms with Crippen LogP contribution < -0.4 is 20.1 Å². The van der Waals surface area contributed by atoms with Crippen molar-refractivity contribution >= 4 is 35.0 Å². The van der Waals surface area contributed by atoms with Crippen LogP contribution in [0.2, 0.25) is 0 Å². The van der Waals surface area contributed by atoms with Crippen LogP contribution in [0.5, 0.6) is 11.5 Å². The van der Waals surface area contributed by atoms with E-state index in [1.165, 1.54) is 11.8 Å². The van der Waals surface area contributed by atoms with Crippen LogP contribution in [0.3, 0.4) is 0 Å². The van der Waals surface area contributed by atoms with E-state index in [0.29, 0.717) is 24.6 Å². The smallest absolute Gasteiger partial charge is 0.234 e. The summed E-state index contributed by atoms with van der Waals surface area (Å²) in [5.74, 6) is 1.61. The van der Waals surface area contributed by atoms with Crippen molar-refractivity contribution in [1.29, 1.82) is 0 Å². The number of benzene rings is 2. The Labute approximate surface area is 163 Å². The Morgan fingerprint density at radius 1 is 0.741 bits per heavy atom. The summed E-state index contributed by atoms with van der Waals surface area (Å²) in [5.41, 5.74) is 1.39. The Morgan fingerprint density at radius 3 is 1.44 bits per heavy atom. The standard InChI is InChI=1S/C20H24N2O4S/c1-3-25-17-9-5-15(6-10-17)21-19(23)13-27-14-20(24)22-16-7-11-18(12-8-16)26-4-2/h5-12H,3-4,13-14H2,1-2H3,(H,21,23)(H,22,24). The highest BCUT2D eigenvalue weighted by molar-refractivity contribution is 8.00. The van der Waals surface area contributed by atoms with E-state index >= 15 is 0 Å². The molecule has 0 heterocycles. The molecule has 0 aliphatic carbocycles. The maximum absolute atomic E-state index is 12.0. The third-order valence-electron chi connectivity index (χ3n) is 3.36. The summed E-state index contributed by atoms with van der Waals surface area (Å²) in [6, 6.07) is 14.3. The lowest BCUT2D eigenvalue weighted by atomic mass is 10.3. The molecule has 0 unspecified atom stereocenters. The van der Waals surface area contributed by atoms with Crippen molar-refractivity contribution in [1.82, 2.24) is 0 Å². The zero-order valence-electron chi connectivity index (χ0n) is 15.5. The minimum atomic E-state index is -0.155. The summed E-state index contributed by atoms with van der Waals surface area (Å²) < 4.78 is 10.7. The number of carbonyl (C=O) groups is 2. The molecule has 0 spiro atoms. The fourth-order valence-corrected chi connectivity index (χ4v) is 2.85. The predicted octanol–water partition coefficient (Wildman–Crippen LogP) is 3.79. The Bertz CT molecular complexity index is 669. The quantitative estimate of drug-likeness (QED) is 0.647. The number of carbonyl (C=O) groups excluding carboxylic acids is 2. The van der Waals surface area contributed by atoms with Gasteiger partial charge in [-0.1, -0.05) is 0 Å². The number of thioether (sulfide) groups is 1. The number of ether oxygens (including phenoxy) is 2. The third kappa shape index (κ3) is 7.62. The summed E-state index contributed by atoms with van der Waals surface area (Å²) in [6.07, 6.45) is 0. The van der Waals surface area contributed by atoms with Crippen LogP contribution in [0.1, 0.15) is 13.8 Å². The van der Waals surface area contributed by atoms with Crippen LogP contribution >= 0.6 is 11.8 Å². The monoisotopic (exact) mass is 388 g/mol. The Morgan fingerprint density at radius 2 is 1.11 bits per heavy atom. The summed E-state index contributed by atoms with van der Waals surface area (Å²) in [4.78, 5) is 23.9. The fourth-order valence-electron chi connectivity index (χ4n) is 2.23. The summed E-state index contributed by atoms with van der Waals surface area (Å²) >= 11 is 1.26. The van der Waals surface area contributed by atoms with E-state index in [1.54, 1.807) is 48.5 Å². The van der Waals surface area contributed by atoms with Crippen molar-refractivity contribution in [3.63, 3.8) is 0 Å². The van der Waals surface area contributed by atoms with E-state index in [4.69, 9.17) is 9.47 Å². The molecule has 0 bridgehead atoms. The van der Waals surface area contributed by atoms with Crippen molar-refractivity contribution < 1.29 is 19.1 Å². The Kier molecular flexibility index (Phi) is 8.51. The van der Waals surface area contributed by atoms with Crippen molar-refractivity contribution in [2.24, 2.45) is 0 Å². The number of amides is 2. The molecule has 0 aliphatic heterocycles. The van der Waals surface area contributed by atoms with Crippen LogP contribution in [0.4, 0.5) is 11.4 Å². The van der Waals surface area contributed by atoms with Gasteiger partial charge in [0.25, 0.3) is 0 Å². The van der Waals surface area contributed by atoms with Gasteiger partial charge in [-0.05, 0) is 62.4 Å². The van der Waals surface area contributed by atoms with Gasteiger partial charge in [0.2, 0.25) is 11.8 Å². The molecule has 2 rings (SSSR count). The molecule has 0 aromatic heterocycles. The van der Waals surface area contributed by atoms with Crippen LogP contribution in [-0.2, 0) is 9.59 Å². The molecule has 0 atom stereocenters. The molecule has 0 saturated heterocycles. The van der Waals surface area contributed by atoms with Gasteiger partial charge >= 0.3 is 0 Å². The van der Waals surface area contributed by atoms with Crippen molar-refractivity contribution in [2.75, 3.05) is 35.4 Å².